The van der Waals surface area contributed by atoms with E-state index in [1.807, 2.05) is 40.1 Å². The van der Waals surface area contributed by atoms with Gasteiger partial charge in [0.2, 0.25) is 0 Å². The molecule has 4 aliphatic heterocycles. The molecule has 5 aliphatic rings. The molecule has 1 aromatic rings. The van der Waals surface area contributed by atoms with Crippen molar-refractivity contribution in [3.05, 3.63) is 52.2 Å². The van der Waals surface area contributed by atoms with Crippen molar-refractivity contribution in [1.82, 2.24) is 24.5 Å². The fourth-order valence-electron chi connectivity index (χ4n) is 7.91. The summed E-state index contributed by atoms with van der Waals surface area (Å²) in [4.78, 5) is 61.7. The molecule has 13 nitrogen and oxygen atoms in total. The number of hydrogen-bond donors (Lipinski definition) is 3. The van der Waals surface area contributed by atoms with Gasteiger partial charge in [-0.05, 0) is 78.1 Å². The zero-order valence-electron chi connectivity index (χ0n) is 28.6. The summed E-state index contributed by atoms with van der Waals surface area (Å²) in [6.07, 6.45) is 6.80. The molecule has 50 heavy (non-hydrogen) atoms. The number of urea groups is 1. The minimum Gasteiger partial charge on any atom is -0.507 e. The maximum Gasteiger partial charge on any atom is 0.410 e. The summed E-state index contributed by atoms with van der Waals surface area (Å²) >= 11 is 3.40. The molecule has 3 N–H and O–H groups in total. The summed E-state index contributed by atoms with van der Waals surface area (Å²) in [6.45, 7) is 6.66. The first-order chi connectivity index (χ1) is 24.1. The molecule has 4 heterocycles. The number of piperazine rings is 1. The molecule has 0 bridgehead atoms. The molecule has 0 radical (unpaired) electrons. The highest BCUT2D eigenvalue weighted by Crippen LogP contribution is 2.31. The summed E-state index contributed by atoms with van der Waals surface area (Å²) in [5.74, 6) is -0.885. The van der Waals surface area contributed by atoms with Gasteiger partial charge in [-0.1, -0.05) is 24.3 Å². The largest absolute Gasteiger partial charge is 0.507 e. The third-order valence-corrected chi connectivity index (χ3v) is 11.6. The number of aliphatic hydroxyl groups is 1. The van der Waals surface area contributed by atoms with E-state index in [0.717, 1.165) is 56.7 Å². The van der Waals surface area contributed by atoms with E-state index in [2.05, 4.69) is 31.0 Å². The normalized spacial score (nSPS) is 23.7. The Labute approximate surface area is 302 Å². The average Bonchev–Trinajstić information content (AvgIpc) is 3.30. The number of likely N-dealkylation sites (tertiary alicyclic amines) is 2. The Balaban J connectivity index is 1.02. The Morgan fingerprint density at radius 2 is 1.60 bits per heavy atom. The number of nitrogens with one attached hydrogen (secondary N) is 1. The quantitative estimate of drug-likeness (QED) is 0.337. The number of benzene rings is 1. The molecule has 3 fully saturated rings. The van der Waals surface area contributed by atoms with Crippen molar-refractivity contribution in [2.75, 3.05) is 70.8 Å². The second-order valence-corrected chi connectivity index (χ2v) is 14.9. The van der Waals surface area contributed by atoms with Gasteiger partial charge in [-0.25, -0.2) is 9.59 Å². The standard InChI is InChI=1S/C36H49BrN6O7/c37-29-23-25(5-6-31(29)44)24-32(34(47)41-14-8-27(9-15-41)40-21-19-39(20-22-40)13-12-33(45)46)50-36(49)42-16-10-28(11-17-42)43-18-7-26-3-1-2-4-30(26)38-35(43)48/h1-4,6,23,25,27-28,32,44H,5,7-22,24H2,(H,38,48)(H,45,46)/t25?,32-/m1/s1. The SMILES string of the molecule is O=C(O)CCN1CCN(C2CCN(C(=O)[C@@H](CC3C=C(Br)C(O)=CC3)OC(=O)N3CCC(N4CCc5ccccc5NC4=O)CC3)CC2)CC1. The monoisotopic (exact) mass is 756 g/mol. The highest BCUT2D eigenvalue weighted by Gasteiger charge is 2.37. The lowest BCUT2D eigenvalue weighted by Crippen LogP contribution is -2.55. The van der Waals surface area contributed by atoms with Gasteiger partial charge >= 0.3 is 18.1 Å². The van der Waals surface area contributed by atoms with Crippen molar-refractivity contribution in [2.24, 2.45) is 5.92 Å². The van der Waals surface area contributed by atoms with Gasteiger partial charge in [0.25, 0.3) is 5.91 Å². The van der Waals surface area contributed by atoms with Gasteiger partial charge in [-0.2, -0.15) is 0 Å². The van der Waals surface area contributed by atoms with Crippen LogP contribution in [0.3, 0.4) is 0 Å². The molecule has 0 aromatic heterocycles. The van der Waals surface area contributed by atoms with Crippen molar-refractivity contribution in [2.45, 2.75) is 69.6 Å². The molecule has 0 saturated carbocycles. The topological polar surface area (TPSA) is 146 Å². The van der Waals surface area contributed by atoms with Crippen LogP contribution in [-0.2, 0) is 20.7 Å². The molecule has 1 aliphatic carbocycles. The number of hydrogen-bond acceptors (Lipinski definition) is 8. The Hall–Kier alpha value is -3.62. The van der Waals surface area contributed by atoms with E-state index < -0.39 is 18.2 Å². The van der Waals surface area contributed by atoms with Crippen molar-refractivity contribution < 1.29 is 34.1 Å². The van der Waals surface area contributed by atoms with E-state index in [9.17, 15) is 24.3 Å². The Morgan fingerprint density at radius 3 is 2.30 bits per heavy atom. The third kappa shape index (κ3) is 8.99. The smallest absolute Gasteiger partial charge is 0.410 e. The average molecular weight is 758 g/mol. The lowest BCUT2D eigenvalue weighted by atomic mass is 9.92. The first kappa shape index (κ1) is 36.2. The van der Waals surface area contributed by atoms with E-state index in [1.54, 1.807) is 11.0 Å². The number of piperidine rings is 2. The summed E-state index contributed by atoms with van der Waals surface area (Å²) < 4.78 is 6.61. The predicted octanol–water partition coefficient (Wildman–Crippen LogP) is 4.26. The van der Waals surface area contributed by atoms with E-state index in [1.165, 1.54) is 0 Å². The number of ether oxygens (including phenoxy) is 1. The number of nitrogens with zero attached hydrogens (tertiary/aromatic N) is 5. The number of rotatable bonds is 9. The maximum atomic E-state index is 14.0. The van der Waals surface area contributed by atoms with Crippen molar-refractivity contribution in [1.29, 1.82) is 0 Å². The van der Waals surface area contributed by atoms with Crippen LogP contribution in [0, 0.1) is 5.92 Å². The molecular weight excluding hydrogens is 708 g/mol. The van der Waals surface area contributed by atoms with Crippen LogP contribution in [0.25, 0.3) is 0 Å². The zero-order chi connectivity index (χ0) is 35.2. The van der Waals surface area contributed by atoms with Crippen LogP contribution < -0.4 is 5.32 Å². The zero-order valence-corrected chi connectivity index (χ0v) is 30.1. The number of fused-ring (bicyclic) bond motifs is 1. The number of halogens is 1. The fourth-order valence-corrected chi connectivity index (χ4v) is 8.45. The van der Waals surface area contributed by atoms with E-state index in [4.69, 9.17) is 9.84 Å². The van der Waals surface area contributed by atoms with Crippen LogP contribution in [0.2, 0.25) is 0 Å². The summed E-state index contributed by atoms with van der Waals surface area (Å²) in [5, 5.41) is 22.1. The van der Waals surface area contributed by atoms with Gasteiger partial charge in [0, 0.05) is 89.6 Å². The number of anilines is 1. The van der Waals surface area contributed by atoms with Crippen LogP contribution in [-0.4, -0.2) is 142 Å². The second-order valence-electron chi connectivity index (χ2n) is 14.0. The predicted molar refractivity (Wildman–Crippen MR) is 191 cm³/mol. The van der Waals surface area contributed by atoms with Gasteiger partial charge in [0.05, 0.1) is 10.9 Å². The summed E-state index contributed by atoms with van der Waals surface area (Å²) in [7, 11) is 0. The first-order valence-corrected chi connectivity index (χ1v) is 18.8. The second kappa shape index (κ2) is 16.6. The van der Waals surface area contributed by atoms with Gasteiger partial charge in [-0.15, -0.1) is 0 Å². The highest BCUT2D eigenvalue weighted by molar-refractivity contribution is 9.11. The highest BCUT2D eigenvalue weighted by atomic mass is 79.9. The molecule has 0 spiro atoms. The number of aliphatic carboxylic acids is 1. The van der Waals surface area contributed by atoms with Crippen LogP contribution >= 0.6 is 15.9 Å². The molecule has 1 aromatic carbocycles. The van der Waals surface area contributed by atoms with E-state index >= 15 is 0 Å². The van der Waals surface area contributed by atoms with Gasteiger partial charge in [-0.3, -0.25) is 14.5 Å². The molecule has 6 rings (SSSR count). The third-order valence-electron chi connectivity index (χ3n) is 10.9. The number of carbonyl (C=O) groups excluding carboxylic acids is 3. The Bertz CT molecular complexity index is 1460. The number of aliphatic hydroxyl groups excluding tert-OH is 1. The molecule has 3 saturated heterocycles. The van der Waals surface area contributed by atoms with E-state index in [0.29, 0.717) is 75.5 Å². The summed E-state index contributed by atoms with van der Waals surface area (Å²) in [5.41, 5.74) is 1.96. The van der Waals surface area contributed by atoms with Gasteiger partial charge in [0.1, 0.15) is 5.76 Å². The molecule has 14 heteroatoms. The minimum atomic E-state index is -0.959. The molecule has 2 atom stereocenters. The van der Waals surface area contributed by atoms with E-state index in [-0.39, 0.29) is 36.1 Å². The lowest BCUT2D eigenvalue weighted by Gasteiger charge is -2.43. The first-order valence-electron chi connectivity index (χ1n) is 18.0. The van der Waals surface area contributed by atoms with Gasteiger partial charge < -0.3 is 39.9 Å². The number of amides is 4. The van der Waals surface area contributed by atoms with Crippen LogP contribution in [0.15, 0.2) is 46.7 Å². The molecular formula is C36H49BrN6O7. The number of carbonyl (C=O) groups is 4. The van der Waals surface area contributed by atoms with Crippen molar-refractivity contribution >= 4 is 45.6 Å². The number of para-hydroxylation sites is 1. The fraction of sp³-hybridized carbons (Fsp3) is 0.611. The maximum absolute atomic E-state index is 14.0. The molecule has 4 amide bonds. The summed E-state index contributed by atoms with van der Waals surface area (Å²) in [6, 6.07) is 8.10. The number of allylic oxidation sites excluding steroid dienone is 3. The van der Waals surface area contributed by atoms with Crippen LogP contribution in [0.5, 0.6) is 0 Å². The molecule has 272 valence electrons. The van der Waals surface area contributed by atoms with Crippen LogP contribution in [0.4, 0.5) is 15.3 Å². The van der Waals surface area contributed by atoms with Crippen molar-refractivity contribution in [3.8, 4) is 0 Å². The van der Waals surface area contributed by atoms with Crippen molar-refractivity contribution in [3.63, 3.8) is 0 Å². The number of carboxylic acids is 1. The van der Waals surface area contributed by atoms with Gasteiger partial charge in [0.15, 0.2) is 6.10 Å². The minimum absolute atomic E-state index is 0.00370. The lowest BCUT2D eigenvalue weighted by molar-refractivity contribution is -0.143. The number of carboxylic acid groups (broad SMARTS) is 1. The van der Waals surface area contributed by atoms with Crippen LogP contribution in [0.1, 0.15) is 50.5 Å². The molecule has 1 unspecified atom stereocenters. The Kier molecular flexibility index (Phi) is 12.0. The Morgan fingerprint density at radius 1 is 0.920 bits per heavy atom.